The van der Waals surface area contributed by atoms with Crippen LogP contribution in [0.3, 0.4) is 0 Å². The number of carbonyl (C=O) groups excluding carboxylic acids is 1. The van der Waals surface area contributed by atoms with E-state index in [1.54, 1.807) is 13.3 Å². The molecule has 0 saturated carbocycles. The smallest absolute Gasteiger partial charge is 0.275 e. The van der Waals surface area contributed by atoms with Crippen molar-refractivity contribution in [1.82, 2.24) is 9.97 Å². The highest BCUT2D eigenvalue weighted by atomic mass is 16.5. The Labute approximate surface area is 171 Å². The lowest BCUT2D eigenvalue weighted by atomic mass is 9.87. The minimum absolute atomic E-state index is 0.0721. The second-order valence-electron chi connectivity index (χ2n) is 7.77. The molecular formula is C23H26N4O2. The Balaban J connectivity index is 1.56. The highest BCUT2D eigenvalue weighted by Gasteiger charge is 2.14. The quantitative estimate of drug-likeness (QED) is 0.641. The number of nitrogens with one attached hydrogen (secondary N) is 2. The van der Waals surface area contributed by atoms with Gasteiger partial charge in [-0.25, -0.2) is 9.97 Å². The topological polar surface area (TPSA) is 76.1 Å². The maximum absolute atomic E-state index is 12.4. The first kappa shape index (κ1) is 20.3. The molecule has 0 fully saturated rings. The average molecular weight is 390 g/mol. The van der Waals surface area contributed by atoms with E-state index in [0.717, 1.165) is 17.0 Å². The zero-order valence-electron chi connectivity index (χ0n) is 17.2. The number of anilines is 2. The van der Waals surface area contributed by atoms with Gasteiger partial charge in [0.1, 0.15) is 17.3 Å². The predicted molar refractivity (Wildman–Crippen MR) is 115 cm³/mol. The summed E-state index contributed by atoms with van der Waals surface area (Å²) < 4.78 is 5.15. The van der Waals surface area contributed by atoms with Crippen molar-refractivity contribution in [3.8, 4) is 5.75 Å². The molecule has 3 rings (SSSR count). The van der Waals surface area contributed by atoms with Gasteiger partial charge >= 0.3 is 0 Å². The Morgan fingerprint density at radius 1 is 0.966 bits per heavy atom. The van der Waals surface area contributed by atoms with Gasteiger partial charge in [-0.1, -0.05) is 45.0 Å². The van der Waals surface area contributed by atoms with Crippen molar-refractivity contribution >= 4 is 17.4 Å². The number of amides is 1. The first-order valence-electron chi connectivity index (χ1n) is 9.46. The van der Waals surface area contributed by atoms with Gasteiger partial charge in [0, 0.05) is 12.2 Å². The van der Waals surface area contributed by atoms with E-state index < -0.39 is 0 Å². The molecule has 6 heteroatoms. The molecule has 29 heavy (non-hydrogen) atoms. The van der Waals surface area contributed by atoms with Crippen LogP contribution in [0.1, 0.15) is 42.4 Å². The van der Waals surface area contributed by atoms with Gasteiger partial charge in [-0.05, 0) is 40.8 Å². The zero-order valence-corrected chi connectivity index (χ0v) is 17.2. The summed E-state index contributed by atoms with van der Waals surface area (Å²) in [6.07, 6.45) is 3.02. The summed E-state index contributed by atoms with van der Waals surface area (Å²) in [7, 11) is 1.64. The van der Waals surface area contributed by atoms with Crippen molar-refractivity contribution in [3.05, 3.63) is 77.7 Å². The maximum Gasteiger partial charge on any atom is 0.275 e. The molecule has 0 atom stereocenters. The number of ether oxygens (including phenoxy) is 1. The van der Waals surface area contributed by atoms with E-state index in [9.17, 15) is 4.79 Å². The fourth-order valence-corrected chi connectivity index (χ4v) is 2.72. The molecule has 0 unspecified atom stereocenters. The van der Waals surface area contributed by atoms with E-state index in [-0.39, 0.29) is 17.0 Å². The minimum atomic E-state index is -0.289. The molecule has 150 valence electrons. The highest BCUT2D eigenvalue weighted by Crippen LogP contribution is 2.23. The molecule has 1 aromatic heterocycles. The molecule has 2 N–H and O–H groups in total. The van der Waals surface area contributed by atoms with Crippen LogP contribution >= 0.6 is 0 Å². The first-order chi connectivity index (χ1) is 13.8. The average Bonchev–Trinajstić information content (AvgIpc) is 2.72. The van der Waals surface area contributed by atoms with Crippen LogP contribution in [-0.2, 0) is 12.0 Å². The second-order valence-corrected chi connectivity index (χ2v) is 7.77. The summed E-state index contributed by atoms with van der Waals surface area (Å²) in [6.45, 7) is 7.06. The largest absolute Gasteiger partial charge is 0.497 e. The van der Waals surface area contributed by atoms with E-state index in [0.29, 0.717) is 12.4 Å². The maximum atomic E-state index is 12.4. The molecule has 0 aliphatic carbocycles. The van der Waals surface area contributed by atoms with Gasteiger partial charge in [-0.15, -0.1) is 0 Å². The molecule has 1 heterocycles. The Morgan fingerprint density at radius 3 is 2.21 bits per heavy atom. The Hall–Kier alpha value is -3.41. The monoisotopic (exact) mass is 390 g/mol. The molecule has 3 aromatic rings. The summed E-state index contributed by atoms with van der Waals surface area (Å²) in [5, 5.41) is 6.04. The van der Waals surface area contributed by atoms with Crippen LogP contribution in [0.2, 0.25) is 0 Å². The molecule has 0 radical (unpaired) electrons. The third-order valence-electron chi connectivity index (χ3n) is 4.53. The summed E-state index contributed by atoms with van der Waals surface area (Å²) in [6, 6.07) is 15.6. The number of rotatable bonds is 6. The summed E-state index contributed by atoms with van der Waals surface area (Å²) in [5.41, 5.74) is 3.37. The summed E-state index contributed by atoms with van der Waals surface area (Å²) >= 11 is 0. The molecule has 0 spiro atoms. The van der Waals surface area contributed by atoms with Crippen molar-refractivity contribution in [2.24, 2.45) is 0 Å². The lowest BCUT2D eigenvalue weighted by Gasteiger charge is -2.19. The van der Waals surface area contributed by atoms with Gasteiger partial charge in [0.05, 0.1) is 19.5 Å². The lowest BCUT2D eigenvalue weighted by Crippen LogP contribution is -2.15. The predicted octanol–water partition coefficient (Wildman–Crippen LogP) is 4.65. The Bertz CT molecular complexity index is 944. The number of hydrogen-bond acceptors (Lipinski definition) is 5. The van der Waals surface area contributed by atoms with Crippen LogP contribution in [0, 0.1) is 0 Å². The van der Waals surface area contributed by atoms with E-state index >= 15 is 0 Å². The van der Waals surface area contributed by atoms with Crippen molar-refractivity contribution in [3.63, 3.8) is 0 Å². The first-order valence-corrected chi connectivity index (χ1v) is 9.46. The number of hydrogen-bond donors (Lipinski definition) is 2. The van der Waals surface area contributed by atoms with Gasteiger partial charge in [-0.3, -0.25) is 4.79 Å². The van der Waals surface area contributed by atoms with Gasteiger partial charge < -0.3 is 15.4 Å². The van der Waals surface area contributed by atoms with Crippen LogP contribution in [0.4, 0.5) is 11.5 Å². The van der Waals surface area contributed by atoms with Gasteiger partial charge in [0.15, 0.2) is 0 Å². The van der Waals surface area contributed by atoms with Crippen molar-refractivity contribution in [1.29, 1.82) is 0 Å². The van der Waals surface area contributed by atoms with E-state index in [1.807, 2.05) is 48.5 Å². The minimum Gasteiger partial charge on any atom is -0.497 e. The van der Waals surface area contributed by atoms with Crippen LogP contribution in [0.15, 0.2) is 60.9 Å². The van der Waals surface area contributed by atoms with Gasteiger partial charge in [0.2, 0.25) is 0 Å². The summed E-state index contributed by atoms with van der Waals surface area (Å²) in [4.78, 5) is 20.9. The number of carbonyl (C=O) groups is 1. The lowest BCUT2D eigenvalue weighted by molar-refractivity contribution is 0.102. The van der Waals surface area contributed by atoms with Gasteiger partial charge in [-0.2, -0.15) is 0 Å². The van der Waals surface area contributed by atoms with Crippen LogP contribution in [0.5, 0.6) is 5.75 Å². The van der Waals surface area contributed by atoms with Crippen LogP contribution < -0.4 is 15.4 Å². The normalized spacial score (nSPS) is 11.0. The van der Waals surface area contributed by atoms with E-state index in [1.165, 1.54) is 11.8 Å². The molecule has 0 aliphatic heterocycles. The molecule has 0 aliphatic rings. The second kappa shape index (κ2) is 8.73. The Kier molecular flexibility index (Phi) is 6.12. The van der Waals surface area contributed by atoms with Crippen LogP contribution in [-0.4, -0.2) is 23.0 Å². The van der Waals surface area contributed by atoms with Crippen LogP contribution in [0.25, 0.3) is 0 Å². The number of aromatic nitrogens is 2. The van der Waals surface area contributed by atoms with Crippen molar-refractivity contribution in [2.75, 3.05) is 17.7 Å². The van der Waals surface area contributed by atoms with Gasteiger partial charge in [0.25, 0.3) is 5.91 Å². The molecular weight excluding hydrogens is 364 g/mol. The summed E-state index contributed by atoms with van der Waals surface area (Å²) in [5.74, 6) is 1.13. The van der Waals surface area contributed by atoms with E-state index in [4.69, 9.17) is 4.74 Å². The molecule has 6 nitrogen and oxygen atoms in total. The molecule has 1 amide bonds. The SMILES string of the molecule is COc1ccc(CNc2cnc(C(=O)Nc3ccc(C(C)(C)C)cc3)cn2)cc1. The third-order valence-corrected chi connectivity index (χ3v) is 4.53. The van der Waals surface area contributed by atoms with Crippen molar-refractivity contribution in [2.45, 2.75) is 32.7 Å². The molecule has 2 aromatic carbocycles. The standard InChI is InChI=1S/C23H26N4O2/c1-23(2,3)17-7-9-18(10-8-17)27-22(28)20-14-26-21(15-24-20)25-13-16-5-11-19(29-4)12-6-16/h5-12,14-15H,13H2,1-4H3,(H,25,26)(H,27,28). The number of benzene rings is 2. The fraction of sp³-hybridized carbons (Fsp3) is 0.261. The number of nitrogens with zero attached hydrogens (tertiary/aromatic N) is 2. The molecule has 0 bridgehead atoms. The van der Waals surface area contributed by atoms with Crippen molar-refractivity contribution < 1.29 is 9.53 Å². The fourth-order valence-electron chi connectivity index (χ4n) is 2.72. The number of methoxy groups -OCH3 is 1. The third kappa shape index (κ3) is 5.54. The highest BCUT2D eigenvalue weighted by molar-refractivity contribution is 6.02. The zero-order chi connectivity index (χ0) is 20.9. The molecule has 0 saturated heterocycles. The Morgan fingerprint density at radius 2 is 1.66 bits per heavy atom. The van der Waals surface area contributed by atoms with E-state index in [2.05, 4.69) is 41.4 Å².